The molecule has 1 atom stereocenters. The number of rotatable bonds is 5. The maximum atomic E-state index is 11.2. The van der Waals surface area contributed by atoms with Gasteiger partial charge in [0.15, 0.2) is 0 Å². The third kappa shape index (κ3) is 4.99. The molecule has 1 aliphatic rings. The number of hydrogen-bond donors (Lipinski definition) is 2. The molecule has 7 nitrogen and oxygen atoms in total. The van der Waals surface area contributed by atoms with Crippen molar-refractivity contribution < 1.29 is 14.7 Å². The Kier molecular flexibility index (Phi) is 5.14. The molecule has 1 unspecified atom stereocenters. The summed E-state index contributed by atoms with van der Waals surface area (Å²) in [6.45, 7) is 2.22. The zero-order valence-corrected chi connectivity index (χ0v) is 9.93. The summed E-state index contributed by atoms with van der Waals surface area (Å²) in [7, 11) is 0. The lowest BCUT2D eigenvalue weighted by atomic mass is 9.87. The lowest BCUT2D eigenvalue weighted by Gasteiger charge is -2.27. The Morgan fingerprint density at radius 3 is 2.59 bits per heavy atom. The van der Waals surface area contributed by atoms with Crippen LogP contribution in [0.2, 0.25) is 0 Å². The molecule has 3 N–H and O–H groups in total. The highest BCUT2D eigenvalue weighted by Gasteiger charge is 2.24. The average molecular weight is 245 g/mol. The summed E-state index contributed by atoms with van der Waals surface area (Å²) in [5.74, 6) is 0.206. The molecule has 1 aliphatic carbocycles. The molecule has 1 rings (SSSR count). The van der Waals surface area contributed by atoms with E-state index >= 15 is 0 Å². The van der Waals surface area contributed by atoms with Gasteiger partial charge in [0.2, 0.25) is 5.91 Å². The molecule has 0 aromatic heterocycles. The second kappa shape index (κ2) is 6.39. The summed E-state index contributed by atoms with van der Waals surface area (Å²) in [6.07, 6.45) is 2.71. The third-order valence-electron chi connectivity index (χ3n) is 3.01. The summed E-state index contributed by atoms with van der Waals surface area (Å²) >= 11 is 0. The minimum Gasteiger partial charge on any atom is -0.354 e. The van der Waals surface area contributed by atoms with E-state index in [1.165, 1.54) is 0 Å². The maximum Gasteiger partial charge on any atom is 0.294 e. The molecule has 0 heterocycles. The lowest BCUT2D eigenvalue weighted by molar-refractivity contribution is -0.769. The fraction of sp³-hybridized carbons (Fsp3) is 0.900. The Balaban J connectivity index is 2.19. The minimum absolute atomic E-state index is 0.159. The fourth-order valence-electron chi connectivity index (χ4n) is 1.97. The largest absolute Gasteiger partial charge is 0.354 e. The second-order valence-corrected chi connectivity index (χ2v) is 4.51. The Bertz CT molecular complexity index is 275. The molecule has 0 bridgehead atoms. The standard InChI is InChI=1S/C10H19N3O4/c1-7(11)10(14)12-6-8-2-4-9(5-3-8)17-13(15)16/h7-9H,2-6,11H2,1H3,(H,12,14)/t7?,8-,9+. The first kappa shape index (κ1) is 13.7. The minimum atomic E-state index is -0.733. The Morgan fingerprint density at radius 1 is 1.53 bits per heavy atom. The second-order valence-electron chi connectivity index (χ2n) is 4.51. The normalized spacial score (nSPS) is 26.0. The van der Waals surface area contributed by atoms with Crippen LogP contribution in [0.3, 0.4) is 0 Å². The van der Waals surface area contributed by atoms with Gasteiger partial charge < -0.3 is 15.9 Å². The SMILES string of the molecule is CC(N)C(=O)NC[C@H]1CC[C@@H](O[N+](=O)[O-])CC1. The summed E-state index contributed by atoms with van der Waals surface area (Å²) in [5, 5.41) is 12.2. The molecule has 1 amide bonds. The van der Waals surface area contributed by atoms with E-state index in [4.69, 9.17) is 5.73 Å². The quantitative estimate of drug-likeness (QED) is 0.532. The van der Waals surface area contributed by atoms with E-state index in [9.17, 15) is 14.9 Å². The molecule has 98 valence electrons. The van der Waals surface area contributed by atoms with Crippen molar-refractivity contribution in [2.24, 2.45) is 11.7 Å². The Morgan fingerprint density at radius 2 is 2.12 bits per heavy atom. The van der Waals surface area contributed by atoms with Crippen molar-refractivity contribution in [3.8, 4) is 0 Å². The van der Waals surface area contributed by atoms with Gasteiger partial charge in [0.25, 0.3) is 5.09 Å². The fourth-order valence-corrected chi connectivity index (χ4v) is 1.97. The van der Waals surface area contributed by atoms with Crippen molar-refractivity contribution in [2.45, 2.75) is 44.8 Å². The van der Waals surface area contributed by atoms with E-state index in [-0.39, 0.29) is 12.0 Å². The predicted molar refractivity (Wildman–Crippen MR) is 60.5 cm³/mol. The third-order valence-corrected chi connectivity index (χ3v) is 3.01. The van der Waals surface area contributed by atoms with Crippen LogP contribution in [0.4, 0.5) is 0 Å². The number of nitrogens with zero attached hydrogens (tertiary/aromatic N) is 1. The smallest absolute Gasteiger partial charge is 0.294 e. The van der Waals surface area contributed by atoms with Crippen LogP contribution in [0.15, 0.2) is 0 Å². The molecule has 17 heavy (non-hydrogen) atoms. The van der Waals surface area contributed by atoms with Gasteiger partial charge >= 0.3 is 0 Å². The zero-order valence-electron chi connectivity index (χ0n) is 9.93. The van der Waals surface area contributed by atoms with Gasteiger partial charge in [0, 0.05) is 6.54 Å². The van der Waals surface area contributed by atoms with Gasteiger partial charge in [-0.15, -0.1) is 10.1 Å². The van der Waals surface area contributed by atoms with E-state index in [2.05, 4.69) is 10.2 Å². The molecule has 0 spiro atoms. The number of carbonyl (C=O) groups is 1. The summed E-state index contributed by atoms with van der Waals surface area (Å²) in [4.78, 5) is 25.9. The van der Waals surface area contributed by atoms with E-state index in [1.807, 2.05) is 0 Å². The van der Waals surface area contributed by atoms with E-state index in [0.717, 1.165) is 12.8 Å². The number of nitrogens with one attached hydrogen (secondary N) is 1. The van der Waals surface area contributed by atoms with Crippen molar-refractivity contribution in [1.82, 2.24) is 5.32 Å². The van der Waals surface area contributed by atoms with E-state index < -0.39 is 11.1 Å². The van der Waals surface area contributed by atoms with Gasteiger partial charge in [-0.05, 0) is 38.5 Å². The van der Waals surface area contributed by atoms with Gasteiger partial charge in [-0.2, -0.15) is 0 Å². The molecule has 0 saturated heterocycles. The first-order chi connectivity index (χ1) is 7.99. The van der Waals surface area contributed by atoms with Crippen molar-refractivity contribution in [2.75, 3.05) is 6.54 Å². The van der Waals surface area contributed by atoms with Crippen LogP contribution in [0.25, 0.3) is 0 Å². The van der Waals surface area contributed by atoms with Gasteiger partial charge in [-0.1, -0.05) is 0 Å². The molecular weight excluding hydrogens is 226 g/mol. The van der Waals surface area contributed by atoms with Crippen LogP contribution < -0.4 is 11.1 Å². The van der Waals surface area contributed by atoms with Gasteiger partial charge in [-0.3, -0.25) is 4.79 Å². The van der Waals surface area contributed by atoms with E-state index in [1.54, 1.807) is 6.92 Å². The van der Waals surface area contributed by atoms with Gasteiger partial charge in [0.1, 0.15) is 6.10 Å². The predicted octanol–water partition coefficient (Wildman–Crippen LogP) is 0.217. The summed E-state index contributed by atoms with van der Waals surface area (Å²) < 4.78 is 0. The van der Waals surface area contributed by atoms with Crippen LogP contribution in [0, 0.1) is 16.0 Å². The number of amides is 1. The van der Waals surface area contributed by atoms with Crippen LogP contribution >= 0.6 is 0 Å². The molecule has 1 saturated carbocycles. The molecular formula is C10H19N3O4. The molecule has 1 fully saturated rings. The topological polar surface area (TPSA) is 107 Å². The number of hydrogen-bond acceptors (Lipinski definition) is 5. The summed E-state index contributed by atoms with van der Waals surface area (Å²) in [6, 6.07) is -0.496. The molecule has 0 aromatic carbocycles. The van der Waals surface area contributed by atoms with Gasteiger partial charge in [0.05, 0.1) is 6.04 Å². The van der Waals surface area contributed by atoms with Crippen molar-refractivity contribution in [3.63, 3.8) is 0 Å². The monoisotopic (exact) mass is 245 g/mol. The zero-order chi connectivity index (χ0) is 12.8. The van der Waals surface area contributed by atoms with Crippen molar-refractivity contribution in [1.29, 1.82) is 0 Å². The molecule has 0 radical (unpaired) electrons. The number of nitrogens with two attached hydrogens (primary N) is 1. The highest BCUT2D eigenvalue weighted by Crippen LogP contribution is 2.25. The highest BCUT2D eigenvalue weighted by atomic mass is 17.0. The van der Waals surface area contributed by atoms with Gasteiger partial charge in [-0.25, -0.2) is 0 Å². The van der Waals surface area contributed by atoms with Crippen LogP contribution in [0.1, 0.15) is 32.6 Å². The van der Waals surface area contributed by atoms with Crippen LogP contribution in [0.5, 0.6) is 0 Å². The van der Waals surface area contributed by atoms with Crippen LogP contribution in [-0.4, -0.2) is 29.7 Å². The highest BCUT2D eigenvalue weighted by molar-refractivity contribution is 5.80. The molecule has 0 aliphatic heterocycles. The van der Waals surface area contributed by atoms with Crippen molar-refractivity contribution in [3.05, 3.63) is 10.1 Å². The lowest BCUT2D eigenvalue weighted by Crippen LogP contribution is -2.41. The van der Waals surface area contributed by atoms with E-state index in [0.29, 0.717) is 25.3 Å². The average Bonchev–Trinajstić information content (AvgIpc) is 2.26. The Hall–Kier alpha value is -1.37. The molecule has 0 aromatic rings. The van der Waals surface area contributed by atoms with Crippen molar-refractivity contribution >= 4 is 5.91 Å². The Labute approximate surface area is 99.8 Å². The first-order valence-corrected chi connectivity index (χ1v) is 5.83. The maximum absolute atomic E-state index is 11.2. The molecule has 7 heteroatoms. The summed E-state index contributed by atoms with van der Waals surface area (Å²) in [5.41, 5.74) is 5.42. The number of carbonyl (C=O) groups excluding carboxylic acids is 1. The van der Waals surface area contributed by atoms with Crippen LogP contribution in [-0.2, 0) is 9.63 Å². The first-order valence-electron chi connectivity index (χ1n) is 5.83.